The molecule has 1 aromatic carbocycles. The number of carbonyl (C=O) groups is 1. The highest BCUT2D eigenvalue weighted by Crippen LogP contribution is 2.19. The average molecular weight is 194 g/mol. The molecule has 0 fully saturated rings. The van der Waals surface area contributed by atoms with Gasteiger partial charge in [0.25, 0.3) is 0 Å². The molecule has 0 heterocycles. The molecule has 3 heteroatoms. The highest BCUT2D eigenvalue weighted by Gasteiger charge is 2.06. The van der Waals surface area contributed by atoms with Gasteiger partial charge >= 0.3 is 0 Å². The number of hydrogen-bond donors (Lipinski definition) is 2. The lowest BCUT2D eigenvalue weighted by Crippen LogP contribution is -1.97. The Morgan fingerprint density at radius 2 is 1.71 bits per heavy atom. The van der Waals surface area contributed by atoms with E-state index in [4.69, 9.17) is 10.2 Å². The van der Waals surface area contributed by atoms with E-state index in [9.17, 15) is 4.79 Å². The van der Waals surface area contributed by atoms with E-state index in [-0.39, 0.29) is 5.92 Å². The first-order valence-electron chi connectivity index (χ1n) is 4.54. The zero-order valence-electron chi connectivity index (χ0n) is 8.05. The third-order valence-corrected chi connectivity index (χ3v) is 2.25. The summed E-state index contributed by atoms with van der Waals surface area (Å²) in [6, 6.07) is 6.93. The van der Waals surface area contributed by atoms with E-state index < -0.39 is 6.29 Å². The molecule has 1 unspecified atom stereocenters. The Balaban J connectivity index is 2.77. The van der Waals surface area contributed by atoms with Gasteiger partial charge in [-0.15, -0.1) is 0 Å². The molecular weight excluding hydrogens is 180 g/mol. The zero-order chi connectivity index (χ0) is 10.6. The second-order valence-electron chi connectivity index (χ2n) is 3.34. The minimum Gasteiger partial charge on any atom is -0.364 e. The second-order valence-corrected chi connectivity index (χ2v) is 3.34. The molecule has 1 rings (SSSR count). The maximum absolute atomic E-state index is 10.3. The van der Waals surface area contributed by atoms with Crippen molar-refractivity contribution in [1.29, 1.82) is 0 Å². The Bertz CT molecular complexity index is 290. The third-order valence-electron chi connectivity index (χ3n) is 2.25. The molecule has 0 saturated carbocycles. The summed E-state index contributed by atoms with van der Waals surface area (Å²) in [5.41, 5.74) is 1.49. The fourth-order valence-corrected chi connectivity index (χ4v) is 1.28. The zero-order valence-corrected chi connectivity index (χ0v) is 8.05. The van der Waals surface area contributed by atoms with Gasteiger partial charge in [0.1, 0.15) is 6.29 Å². The van der Waals surface area contributed by atoms with Gasteiger partial charge in [0.15, 0.2) is 6.29 Å². The molecule has 0 amide bonds. The first-order chi connectivity index (χ1) is 6.65. The Labute approximate surface area is 83.0 Å². The number of rotatable bonds is 4. The van der Waals surface area contributed by atoms with E-state index in [1.54, 1.807) is 12.1 Å². The number of aliphatic hydroxyl groups is 2. The van der Waals surface area contributed by atoms with Gasteiger partial charge in [-0.1, -0.05) is 31.2 Å². The molecule has 0 spiro atoms. The normalized spacial score (nSPS) is 12.9. The Morgan fingerprint density at radius 1 is 1.21 bits per heavy atom. The molecule has 0 aromatic heterocycles. The van der Waals surface area contributed by atoms with Gasteiger partial charge in [-0.25, -0.2) is 0 Å². The highest BCUT2D eigenvalue weighted by molar-refractivity contribution is 5.51. The molecule has 0 aliphatic rings. The van der Waals surface area contributed by atoms with Crippen LogP contribution in [0.2, 0.25) is 0 Å². The van der Waals surface area contributed by atoms with Gasteiger partial charge < -0.3 is 15.0 Å². The smallest absolute Gasteiger partial charge is 0.178 e. The Morgan fingerprint density at radius 3 is 2.14 bits per heavy atom. The van der Waals surface area contributed by atoms with Gasteiger partial charge in [0.2, 0.25) is 0 Å². The van der Waals surface area contributed by atoms with Gasteiger partial charge in [-0.2, -0.15) is 0 Å². The summed E-state index contributed by atoms with van der Waals surface area (Å²) in [5.74, 6) is 0.178. The first kappa shape index (κ1) is 10.9. The number of aliphatic hydroxyl groups excluding tert-OH is 1. The molecule has 0 radical (unpaired) electrons. The van der Waals surface area contributed by atoms with E-state index in [2.05, 4.69) is 0 Å². The van der Waals surface area contributed by atoms with Crippen LogP contribution in [0.15, 0.2) is 24.3 Å². The van der Waals surface area contributed by atoms with E-state index in [1.807, 2.05) is 19.1 Å². The van der Waals surface area contributed by atoms with Crippen LogP contribution in [0.1, 0.15) is 36.7 Å². The van der Waals surface area contributed by atoms with Crippen molar-refractivity contribution in [2.45, 2.75) is 25.6 Å². The molecule has 3 nitrogen and oxygen atoms in total. The Hall–Kier alpha value is -1.19. The van der Waals surface area contributed by atoms with Crippen LogP contribution in [-0.4, -0.2) is 16.5 Å². The summed E-state index contributed by atoms with van der Waals surface area (Å²) in [6.07, 6.45) is -0.0500. The van der Waals surface area contributed by atoms with E-state index >= 15 is 0 Å². The fraction of sp³-hybridized carbons (Fsp3) is 0.364. The van der Waals surface area contributed by atoms with Crippen molar-refractivity contribution in [3.8, 4) is 0 Å². The molecule has 1 atom stereocenters. The molecule has 14 heavy (non-hydrogen) atoms. The van der Waals surface area contributed by atoms with Crippen LogP contribution in [0.25, 0.3) is 0 Å². The van der Waals surface area contributed by atoms with Crippen LogP contribution in [-0.2, 0) is 4.79 Å². The van der Waals surface area contributed by atoms with Crippen LogP contribution >= 0.6 is 0 Å². The van der Waals surface area contributed by atoms with Crippen molar-refractivity contribution in [2.75, 3.05) is 0 Å². The third kappa shape index (κ3) is 2.65. The maximum Gasteiger partial charge on any atom is 0.178 e. The molecule has 76 valence electrons. The average Bonchev–Trinajstić information content (AvgIpc) is 2.18. The van der Waals surface area contributed by atoms with Crippen molar-refractivity contribution in [1.82, 2.24) is 0 Å². The van der Waals surface area contributed by atoms with Gasteiger partial charge in [0.05, 0.1) is 0 Å². The first-order valence-corrected chi connectivity index (χ1v) is 4.54. The summed E-state index contributed by atoms with van der Waals surface area (Å²) in [7, 11) is 0. The van der Waals surface area contributed by atoms with E-state index in [0.29, 0.717) is 12.0 Å². The maximum atomic E-state index is 10.3. The summed E-state index contributed by atoms with van der Waals surface area (Å²) in [6.45, 7) is 1.96. The number of hydrogen-bond acceptors (Lipinski definition) is 3. The minimum absolute atomic E-state index is 0.178. The minimum atomic E-state index is -1.43. The van der Waals surface area contributed by atoms with Crippen molar-refractivity contribution >= 4 is 6.29 Å². The summed E-state index contributed by atoms with van der Waals surface area (Å²) in [5, 5.41) is 17.7. The standard InChI is InChI=1S/C11H14O3/c1-8(6-7-12)9-2-4-10(5-3-9)11(13)14/h2-5,7-8,11,13-14H,6H2,1H3. The lowest BCUT2D eigenvalue weighted by molar-refractivity contribution is -0.108. The molecule has 0 aliphatic carbocycles. The quantitative estimate of drug-likeness (QED) is 0.562. The van der Waals surface area contributed by atoms with Crippen molar-refractivity contribution in [2.24, 2.45) is 0 Å². The van der Waals surface area contributed by atoms with Gasteiger partial charge in [-0.3, -0.25) is 0 Å². The fourth-order valence-electron chi connectivity index (χ4n) is 1.28. The summed E-state index contributed by atoms with van der Waals surface area (Å²) in [4.78, 5) is 10.3. The van der Waals surface area contributed by atoms with Crippen LogP contribution in [0.3, 0.4) is 0 Å². The number of carbonyl (C=O) groups excluding carboxylic acids is 1. The number of aldehydes is 1. The summed E-state index contributed by atoms with van der Waals surface area (Å²) >= 11 is 0. The van der Waals surface area contributed by atoms with Crippen molar-refractivity contribution < 1.29 is 15.0 Å². The molecule has 0 bridgehead atoms. The molecule has 0 aliphatic heterocycles. The number of benzene rings is 1. The lowest BCUT2D eigenvalue weighted by Gasteiger charge is -2.09. The molecule has 2 N–H and O–H groups in total. The van der Waals surface area contributed by atoms with Crippen LogP contribution in [0.5, 0.6) is 0 Å². The van der Waals surface area contributed by atoms with Crippen LogP contribution in [0.4, 0.5) is 0 Å². The van der Waals surface area contributed by atoms with Crippen molar-refractivity contribution in [3.63, 3.8) is 0 Å². The second kappa shape index (κ2) is 4.88. The predicted molar refractivity (Wildman–Crippen MR) is 52.7 cm³/mol. The van der Waals surface area contributed by atoms with Gasteiger partial charge in [0, 0.05) is 12.0 Å². The largest absolute Gasteiger partial charge is 0.364 e. The topological polar surface area (TPSA) is 57.5 Å². The molecule has 1 aromatic rings. The molecule has 0 saturated heterocycles. The Kier molecular flexibility index (Phi) is 3.80. The molecular formula is C11H14O3. The monoisotopic (exact) mass is 194 g/mol. The SMILES string of the molecule is CC(CC=O)c1ccc(C(O)O)cc1. The van der Waals surface area contributed by atoms with E-state index in [1.165, 1.54) is 0 Å². The van der Waals surface area contributed by atoms with Crippen LogP contribution < -0.4 is 0 Å². The summed E-state index contributed by atoms with van der Waals surface area (Å²) < 4.78 is 0. The van der Waals surface area contributed by atoms with Gasteiger partial charge in [-0.05, 0) is 11.5 Å². The van der Waals surface area contributed by atoms with Crippen molar-refractivity contribution in [3.05, 3.63) is 35.4 Å². The van der Waals surface area contributed by atoms with E-state index in [0.717, 1.165) is 11.8 Å². The highest BCUT2D eigenvalue weighted by atomic mass is 16.5. The van der Waals surface area contributed by atoms with Crippen LogP contribution in [0, 0.1) is 0 Å². The lowest BCUT2D eigenvalue weighted by atomic mass is 9.97. The predicted octanol–water partition coefficient (Wildman–Crippen LogP) is 1.36.